The third-order valence-electron chi connectivity index (χ3n) is 3.67. The van der Waals surface area contributed by atoms with E-state index in [0.717, 1.165) is 5.75 Å². The summed E-state index contributed by atoms with van der Waals surface area (Å²) in [4.78, 5) is 16.3. The highest BCUT2D eigenvalue weighted by atomic mass is 32.2. The lowest BCUT2D eigenvalue weighted by molar-refractivity contribution is -0.115. The van der Waals surface area contributed by atoms with Crippen LogP contribution in [0.25, 0.3) is 0 Å². The third kappa shape index (κ3) is 4.98. The number of aromatic nitrogens is 4. The molecule has 10 heteroatoms. The van der Waals surface area contributed by atoms with E-state index >= 15 is 0 Å². The lowest BCUT2D eigenvalue weighted by atomic mass is 10.3. The quantitative estimate of drug-likeness (QED) is 0.576. The van der Waals surface area contributed by atoms with Crippen LogP contribution in [0.15, 0.2) is 41.0 Å². The highest BCUT2D eigenvalue weighted by molar-refractivity contribution is 8.00. The number of carbonyl (C=O) groups excluding carboxylic acids is 1. The summed E-state index contributed by atoms with van der Waals surface area (Å²) < 4.78 is 12.7. The van der Waals surface area contributed by atoms with Gasteiger partial charge in [-0.05, 0) is 31.2 Å². The first-order chi connectivity index (χ1) is 13.1. The van der Waals surface area contributed by atoms with Gasteiger partial charge in [-0.1, -0.05) is 11.8 Å². The van der Waals surface area contributed by atoms with E-state index in [9.17, 15) is 4.79 Å². The van der Waals surface area contributed by atoms with Crippen LogP contribution in [0.1, 0.15) is 12.7 Å². The highest BCUT2D eigenvalue weighted by Crippen LogP contribution is 2.24. The Balaban J connectivity index is 1.56. The Labute approximate surface area is 164 Å². The summed E-state index contributed by atoms with van der Waals surface area (Å²) >= 11 is 2.71. The van der Waals surface area contributed by atoms with Crippen LogP contribution in [0.2, 0.25) is 0 Å². The minimum absolute atomic E-state index is 0.131. The van der Waals surface area contributed by atoms with Crippen LogP contribution < -0.4 is 14.8 Å². The molecule has 0 aliphatic rings. The number of amides is 1. The lowest BCUT2D eigenvalue weighted by Gasteiger charge is -2.10. The molecule has 0 saturated heterocycles. The van der Waals surface area contributed by atoms with E-state index < -0.39 is 0 Å². The molecule has 0 bridgehead atoms. The number of ether oxygens (including phenoxy) is 2. The van der Waals surface area contributed by atoms with Crippen LogP contribution in [-0.4, -0.2) is 38.0 Å². The molecule has 1 amide bonds. The first-order valence-corrected chi connectivity index (χ1v) is 9.85. The van der Waals surface area contributed by atoms with Crippen molar-refractivity contribution in [3.8, 4) is 11.5 Å². The fourth-order valence-electron chi connectivity index (χ4n) is 2.10. The summed E-state index contributed by atoms with van der Waals surface area (Å²) in [7, 11) is 3.47. The number of benzene rings is 1. The second-order valence-corrected chi connectivity index (χ2v) is 7.71. The average molecular weight is 406 g/mol. The van der Waals surface area contributed by atoms with Crippen molar-refractivity contribution in [2.75, 3.05) is 12.4 Å². The molecule has 1 atom stereocenters. The zero-order valence-electron chi connectivity index (χ0n) is 15.1. The molecule has 3 aromatic rings. The smallest absolute Gasteiger partial charge is 0.239 e. The molecule has 27 heavy (non-hydrogen) atoms. The van der Waals surface area contributed by atoms with Crippen molar-refractivity contribution >= 4 is 34.1 Å². The molecule has 0 unspecified atom stereocenters. The molecule has 2 aromatic heterocycles. The maximum atomic E-state index is 12.2. The van der Waals surface area contributed by atoms with Crippen LogP contribution in [0.3, 0.4) is 0 Å². The third-order valence-corrected chi connectivity index (χ3v) is 5.49. The Morgan fingerprint density at radius 3 is 2.70 bits per heavy atom. The summed E-state index contributed by atoms with van der Waals surface area (Å²) in [6.45, 7) is 2.09. The van der Waals surface area contributed by atoms with Crippen molar-refractivity contribution in [3.05, 3.63) is 41.7 Å². The van der Waals surface area contributed by atoms with Gasteiger partial charge in [-0.3, -0.25) is 4.79 Å². The Morgan fingerprint density at radius 1 is 1.30 bits per heavy atom. The molecule has 0 saturated carbocycles. The van der Waals surface area contributed by atoms with Gasteiger partial charge in [0.2, 0.25) is 5.91 Å². The molecule has 0 aliphatic heterocycles. The molecular weight excluding hydrogens is 386 g/mol. The average Bonchev–Trinajstić information content (AvgIpc) is 3.31. The van der Waals surface area contributed by atoms with Crippen LogP contribution in [0.5, 0.6) is 11.5 Å². The van der Waals surface area contributed by atoms with Crippen LogP contribution in [-0.2, 0) is 18.4 Å². The van der Waals surface area contributed by atoms with E-state index in [2.05, 4.69) is 20.5 Å². The minimum atomic E-state index is -0.341. The molecule has 0 fully saturated rings. The number of hydrogen-bond acceptors (Lipinski definition) is 8. The zero-order valence-corrected chi connectivity index (χ0v) is 16.7. The maximum Gasteiger partial charge on any atom is 0.239 e. The van der Waals surface area contributed by atoms with Gasteiger partial charge in [0.25, 0.3) is 0 Å². The van der Waals surface area contributed by atoms with Gasteiger partial charge in [0, 0.05) is 18.6 Å². The summed E-state index contributed by atoms with van der Waals surface area (Å²) in [5.41, 5.74) is 0. The molecule has 2 heterocycles. The van der Waals surface area contributed by atoms with Crippen LogP contribution in [0, 0.1) is 0 Å². The summed E-state index contributed by atoms with van der Waals surface area (Å²) in [5, 5.41) is 13.8. The van der Waals surface area contributed by atoms with E-state index in [1.807, 2.05) is 48.2 Å². The van der Waals surface area contributed by atoms with Crippen molar-refractivity contribution in [1.82, 2.24) is 19.7 Å². The van der Waals surface area contributed by atoms with Gasteiger partial charge in [-0.2, -0.15) is 0 Å². The molecule has 142 valence electrons. The Hall–Kier alpha value is -2.59. The molecular formula is C17H19N5O3S2. The van der Waals surface area contributed by atoms with Gasteiger partial charge in [-0.25, -0.2) is 4.98 Å². The van der Waals surface area contributed by atoms with Crippen molar-refractivity contribution in [3.63, 3.8) is 0 Å². The van der Waals surface area contributed by atoms with Crippen LogP contribution >= 0.6 is 23.1 Å². The number of hydrogen-bond donors (Lipinski definition) is 1. The molecule has 0 spiro atoms. The van der Waals surface area contributed by atoms with Gasteiger partial charge in [-0.15, -0.1) is 21.5 Å². The van der Waals surface area contributed by atoms with Gasteiger partial charge in [0.05, 0.1) is 12.4 Å². The maximum absolute atomic E-state index is 12.2. The fourth-order valence-corrected chi connectivity index (χ4v) is 3.46. The molecule has 3 rings (SSSR count). The second kappa shape index (κ2) is 8.87. The van der Waals surface area contributed by atoms with Crippen molar-refractivity contribution in [1.29, 1.82) is 0 Å². The number of thioether (sulfide) groups is 1. The number of thiazole rings is 1. The van der Waals surface area contributed by atoms with Crippen LogP contribution in [0.4, 0.5) is 5.13 Å². The largest absolute Gasteiger partial charge is 0.497 e. The van der Waals surface area contributed by atoms with E-state index in [0.29, 0.717) is 21.9 Å². The number of rotatable bonds is 8. The molecule has 1 N–H and O–H groups in total. The zero-order chi connectivity index (χ0) is 19.2. The minimum Gasteiger partial charge on any atom is -0.497 e. The number of anilines is 1. The van der Waals surface area contributed by atoms with Crippen molar-refractivity contribution in [2.45, 2.75) is 23.9 Å². The lowest BCUT2D eigenvalue weighted by Crippen LogP contribution is -2.22. The van der Waals surface area contributed by atoms with E-state index in [1.54, 1.807) is 13.3 Å². The summed E-state index contributed by atoms with van der Waals surface area (Å²) in [6, 6.07) is 7.32. The predicted octanol–water partition coefficient (Wildman–Crippen LogP) is 2.98. The monoisotopic (exact) mass is 405 g/mol. The standard InChI is InChI=1S/C17H19N5O3S2/c1-11(15(23)19-16-18-8-9-26-16)27-17-21-20-14(22(17)2)10-25-13-6-4-12(24-3)5-7-13/h4-9,11H,10H2,1-3H3,(H,18,19,23)/t11-/m1/s1. The Bertz CT molecular complexity index is 881. The van der Waals surface area contributed by atoms with Gasteiger partial charge in [0.1, 0.15) is 18.1 Å². The second-order valence-electron chi connectivity index (χ2n) is 5.51. The molecule has 0 radical (unpaired) electrons. The van der Waals surface area contributed by atoms with E-state index in [1.165, 1.54) is 23.1 Å². The molecule has 0 aliphatic carbocycles. The predicted molar refractivity (Wildman–Crippen MR) is 104 cm³/mol. The first kappa shape index (κ1) is 19.2. The topological polar surface area (TPSA) is 91.2 Å². The van der Waals surface area contributed by atoms with Gasteiger partial charge < -0.3 is 19.4 Å². The Kier molecular flexibility index (Phi) is 6.30. The fraction of sp³-hybridized carbons (Fsp3) is 0.294. The summed E-state index contributed by atoms with van der Waals surface area (Å²) in [6.07, 6.45) is 1.65. The van der Waals surface area contributed by atoms with Crippen molar-refractivity contribution < 1.29 is 14.3 Å². The summed E-state index contributed by atoms with van der Waals surface area (Å²) in [5.74, 6) is 2.02. The number of nitrogens with zero attached hydrogens (tertiary/aromatic N) is 4. The van der Waals surface area contributed by atoms with Gasteiger partial charge >= 0.3 is 0 Å². The van der Waals surface area contributed by atoms with Crippen molar-refractivity contribution in [2.24, 2.45) is 7.05 Å². The van der Waals surface area contributed by atoms with Gasteiger partial charge in [0.15, 0.2) is 16.1 Å². The normalized spacial score (nSPS) is 11.8. The molecule has 8 nitrogen and oxygen atoms in total. The number of nitrogens with one attached hydrogen (secondary N) is 1. The number of carbonyl (C=O) groups is 1. The first-order valence-electron chi connectivity index (χ1n) is 8.09. The van der Waals surface area contributed by atoms with E-state index in [-0.39, 0.29) is 17.8 Å². The Morgan fingerprint density at radius 2 is 2.04 bits per heavy atom. The van der Waals surface area contributed by atoms with E-state index in [4.69, 9.17) is 9.47 Å². The highest BCUT2D eigenvalue weighted by Gasteiger charge is 2.19. The number of methoxy groups -OCH3 is 1. The SMILES string of the molecule is COc1ccc(OCc2nnc(S[C@H](C)C(=O)Nc3nccs3)n2C)cc1. The molecule has 1 aromatic carbocycles.